The Bertz CT molecular complexity index is 8200. The zero-order chi connectivity index (χ0) is 95.1. The van der Waals surface area contributed by atoms with Crippen LogP contribution in [0.5, 0.6) is 0 Å². The van der Waals surface area contributed by atoms with Crippen LogP contribution in [0.4, 0.5) is 34.1 Å². The fraction of sp³-hybridized carbons (Fsp3) is 0. The number of hydrogen-bond acceptors (Lipinski definition) is 2. The average molecular weight is 1830 g/mol. The first-order chi connectivity index (χ1) is 70.9. The van der Waals surface area contributed by atoms with Crippen molar-refractivity contribution < 1.29 is 0 Å². The van der Waals surface area contributed by atoms with Crippen molar-refractivity contribution in [3.05, 3.63) is 588 Å². The largest absolute Gasteiger partial charge is 0.311 e. The maximum Gasteiger partial charge on any atom is 0.0541 e. The normalized spacial score (nSPS) is 11.2. The van der Waals surface area contributed by atoms with Crippen LogP contribution in [0.3, 0.4) is 0 Å². The van der Waals surface area contributed by atoms with Gasteiger partial charge in [-0.15, -0.1) is 0 Å². The second-order valence-electron chi connectivity index (χ2n) is 36.3. The summed E-state index contributed by atoms with van der Waals surface area (Å²) < 4.78 is 7.08. The minimum atomic E-state index is 1.10. The Hall–Kier alpha value is -18.9. The molecule has 674 valence electrons. The molecule has 0 radical (unpaired) electrons. The molecule has 23 aromatic carbocycles. The summed E-state index contributed by atoms with van der Waals surface area (Å²) >= 11 is 0. The summed E-state index contributed by atoms with van der Waals surface area (Å²) in [6, 6.07) is 211. The smallest absolute Gasteiger partial charge is 0.0541 e. The number of nitrogens with zero attached hydrogens (tertiary/aromatic N) is 5. The van der Waals surface area contributed by atoms with Gasteiger partial charge in [0.15, 0.2) is 0 Å². The van der Waals surface area contributed by atoms with E-state index in [0.717, 1.165) is 39.8 Å². The molecular weight excluding hydrogens is 1730 g/mol. The Kier molecular flexibility index (Phi) is 23.9. The van der Waals surface area contributed by atoms with E-state index in [9.17, 15) is 0 Å². The summed E-state index contributed by atoms with van der Waals surface area (Å²) in [4.78, 5) is 4.67. The number of para-hydroxylation sites is 6. The van der Waals surface area contributed by atoms with Gasteiger partial charge in [-0.3, -0.25) is 0 Å². The molecule has 5 heteroatoms. The molecule has 0 aliphatic carbocycles. The lowest BCUT2D eigenvalue weighted by atomic mass is 9.99. The summed E-state index contributed by atoms with van der Waals surface area (Å²) in [5, 5.41) is 7.69. The van der Waals surface area contributed by atoms with Crippen LogP contribution < -0.4 is 9.80 Å². The summed E-state index contributed by atoms with van der Waals surface area (Å²) in [5.41, 5.74) is 41.6. The first-order valence-corrected chi connectivity index (χ1v) is 49.0. The quantitative estimate of drug-likeness (QED) is 0.0805. The zero-order valence-electron chi connectivity index (χ0n) is 78.7. The SMILES string of the molecule is c1ccc(-c2ccc(-c3ccc(N(c4ccc(-c5ccc(-c6ccccc6)cc5)cc4)c4ccc(-c5ccc(-c6ccccc6)cc5)cc4)cc3)cc2)cc1.c1ccc(-c2ccc(N(c3ccc(-c4ccccc4)cc3)c3ccc(-c4ccc(-n5c6ccccc6c6ccccc65)cc4)cc3)cc2)cc1.c1ccc2c(c1)c1ccccc1n2-c1ccc(-c2ccc(-n3c4ccccc4c4ccccc43)cc2)cc1. The van der Waals surface area contributed by atoms with Crippen molar-refractivity contribution in [3.63, 3.8) is 0 Å². The van der Waals surface area contributed by atoms with E-state index in [1.54, 1.807) is 0 Å². The van der Waals surface area contributed by atoms with Crippen LogP contribution in [0.2, 0.25) is 0 Å². The Morgan fingerprint density at radius 3 is 0.336 bits per heavy atom. The first kappa shape index (κ1) is 86.9. The van der Waals surface area contributed by atoms with Crippen LogP contribution in [0.25, 0.3) is 194 Å². The van der Waals surface area contributed by atoms with Gasteiger partial charge in [-0.1, -0.05) is 443 Å². The highest BCUT2D eigenvalue weighted by molar-refractivity contribution is 6.12. The van der Waals surface area contributed by atoms with E-state index >= 15 is 0 Å². The number of fused-ring (bicyclic) bond motifs is 9. The molecule has 26 rings (SSSR count). The number of benzene rings is 23. The van der Waals surface area contributed by atoms with Crippen LogP contribution in [-0.2, 0) is 0 Å². The molecule has 0 spiro atoms. The minimum Gasteiger partial charge on any atom is -0.311 e. The van der Waals surface area contributed by atoms with Gasteiger partial charge < -0.3 is 23.5 Å². The van der Waals surface area contributed by atoms with Crippen molar-refractivity contribution in [2.75, 3.05) is 9.80 Å². The van der Waals surface area contributed by atoms with E-state index < -0.39 is 0 Å². The Morgan fingerprint density at radius 1 is 0.0909 bits per heavy atom. The van der Waals surface area contributed by atoms with E-state index in [4.69, 9.17) is 0 Å². The summed E-state index contributed by atoms with van der Waals surface area (Å²) in [6.07, 6.45) is 0. The van der Waals surface area contributed by atoms with Crippen LogP contribution in [0.15, 0.2) is 588 Å². The highest BCUT2D eigenvalue weighted by Gasteiger charge is 2.21. The van der Waals surface area contributed by atoms with Gasteiger partial charge >= 0.3 is 0 Å². The van der Waals surface area contributed by atoms with E-state index in [0.29, 0.717) is 0 Å². The molecular formula is C138H97N5. The molecule has 0 bridgehead atoms. The number of hydrogen-bond donors (Lipinski definition) is 0. The average Bonchev–Trinajstić information content (AvgIpc) is 1.63. The monoisotopic (exact) mass is 1820 g/mol. The van der Waals surface area contributed by atoms with Gasteiger partial charge in [-0.25, -0.2) is 0 Å². The lowest BCUT2D eigenvalue weighted by Crippen LogP contribution is -2.09. The van der Waals surface area contributed by atoms with E-state index in [1.165, 1.54) is 188 Å². The molecule has 0 saturated heterocycles. The molecule has 0 saturated carbocycles. The van der Waals surface area contributed by atoms with Gasteiger partial charge in [0.05, 0.1) is 33.1 Å². The maximum atomic E-state index is 2.36. The predicted molar refractivity (Wildman–Crippen MR) is 606 cm³/mol. The molecule has 0 aliphatic rings. The molecule has 26 aromatic rings. The van der Waals surface area contributed by atoms with Gasteiger partial charge in [0.2, 0.25) is 0 Å². The third-order valence-electron chi connectivity index (χ3n) is 27.7. The van der Waals surface area contributed by atoms with Crippen molar-refractivity contribution in [1.29, 1.82) is 0 Å². The maximum absolute atomic E-state index is 2.36. The fourth-order valence-corrected chi connectivity index (χ4v) is 20.4. The summed E-state index contributed by atoms with van der Waals surface area (Å²) in [5.74, 6) is 0. The fourth-order valence-electron chi connectivity index (χ4n) is 20.4. The molecule has 3 aromatic heterocycles. The van der Waals surface area contributed by atoms with Crippen molar-refractivity contribution in [2.45, 2.75) is 0 Å². The van der Waals surface area contributed by atoms with Crippen LogP contribution >= 0.6 is 0 Å². The molecule has 5 nitrogen and oxygen atoms in total. The second kappa shape index (κ2) is 39.3. The molecule has 0 aliphatic heterocycles. The third kappa shape index (κ3) is 17.7. The molecule has 0 unspecified atom stereocenters. The van der Waals surface area contributed by atoms with Crippen molar-refractivity contribution in [2.24, 2.45) is 0 Å². The number of rotatable bonds is 19. The number of anilines is 6. The van der Waals surface area contributed by atoms with Gasteiger partial charge in [-0.2, -0.15) is 0 Å². The lowest BCUT2D eigenvalue weighted by molar-refractivity contribution is 1.18. The van der Waals surface area contributed by atoms with Gasteiger partial charge in [0.25, 0.3) is 0 Å². The van der Waals surface area contributed by atoms with Crippen LogP contribution in [-0.4, -0.2) is 13.7 Å². The highest BCUT2D eigenvalue weighted by Crippen LogP contribution is 2.44. The number of aromatic nitrogens is 3. The Morgan fingerprint density at radius 2 is 0.196 bits per heavy atom. The second-order valence-corrected chi connectivity index (χ2v) is 36.3. The standard InChI is InChI=1S/C54H39N.C48H34N2.C36H24N2/c1-4-10-40(11-5-1)43-16-22-46(23-17-43)49-28-34-52(35-29-49)55(53-36-30-50(31-37-53)47-24-18-44(19-25-47)41-12-6-2-7-13-41)54-38-32-51(33-39-54)48-26-20-45(21-27-48)42-14-8-3-9-15-42;1-3-11-35(12-4-1)37-19-27-41(28-20-37)49(42-29-21-38(22-30-42)36-13-5-2-6-14-36)43-31-23-39(24-32-43)40-25-33-44(34-26-40)50-47-17-9-7-15-45(47)46-16-8-10-18-48(46)50;1-5-13-33-29(9-1)30-10-2-6-14-34(30)37(33)27-21-17-25(18-22-27)26-19-23-28(24-20-26)38-35-15-7-3-11-31(35)32-12-4-8-16-36(32)38/h1-39H;1-34H;1-24H. The van der Waals surface area contributed by atoms with Gasteiger partial charge in [-0.05, 0) is 257 Å². The topological polar surface area (TPSA) is 21.3 Å². The van der Waals surface area contributed by atoms with E-state index in [2.05, 4.69) is 612 Å². The van der Waals surface area contributed by atoms with E-state index in [1.807, 2.05) is 0 Å². The zero-order valence-corrected chi connectivity index (χ0v) is 78.7. The Balaban J connectivity index is 0.000000117. The minimum absolute atomic E-state index is 1.10. The highest BCUT2D eigenvalue weighted by atomic mass is 15.1. The molecule has 0 fully saturated rings. The van der Waals surface area contributed by atoms with Crippen molar-refractivity contribution in [1.82, 2.24) is 13.7 Å². The third-order valence-corrected chi connectivity index (χ3v) is 27.7. The van der Waals surface area contributed by atoms with E-state index in [-0.39, 0.29) is 0 Å². The predicted octanol–water partition coefficient (Wildman–Crippen LogP) is 38.0. The van der Waals surface area contributed by atoms with Gasteiger partial charge in [0.1, 0.15) is 0 Å². The Labute approximate surface area is 833 Å². The lowest BCUT2D eigenvalue weighted by Gasteiger charge is -2.26. The molecule has 3 heterocycles. The molecule has 143 heavy (non-hydrogen) atoms. The van der Waals surface area contributed by atoms with Crippen LogP contribution in [0.1, 0.15) is 0 Å². The molecule has 0 N–H and O–H groups in total. The molecule has 0 atom stereocenters. The van der Waals surface area contributed by atoms with Crippen molar-refractivity contribution >= 4 is 99.5 Å². The van der Waals surface area contributed by atoms with Gasteiger partial charge in [0, 0.05) is 83.5 Å². The van der Waals surface area contributed by atoms with Crippen LogP contribution in [0, 0.1) is 0 Å². The summed E-state index contributed by atoms with van der Waals surface area (Å²) in [7, 11) is 0. The van der Waals surface area contributed by atoms with Crippen molar-refractivity contribution in [3.8, 4) is 128 Å². The first-order valence-electron chi connectivity index (χ1n) is 49.0. The summed E-state index contributed by atoms with van der Waals surface area (Å²) in [6.45, 7) is 0. The molecule has 0 amide bonds.